The van der Waals surface area contributed by atoms with E-state index < -0.39 is 35.5 Å². The van der Waals surface area contributed by atoms with Crippen LogP contribution < -0.4 is 10.5 Å². The van der Waals surface area contributed by atoms with Crippen molar-refractivity contribution in [2.75, 3.05) is 0 Å². The molecule has 1 aromatic carbocycles. The molecule has 122 valence electrons. The lowest BCUT2D eigenvalue weighted by Gasteiger charge is -2.22. The summed E-state index contributed by atoms with van der Waals surface area (Å²) in [5.41, 5.74) is 4.90. The summed E-state index contributed by atoms with van der Waals surface area (Å²) in [5.74, 6) is -0.781. The van der Waals surface area contributed by atoms with E-state index in [9.17, 15) is 26.3 Å². The maximum absolute atomic E-state index is 12.3. The minimum atomic E-state index is -4.99. The Kier molecular flexibility index (Phi) is 6.61. The third-order valence-corrected chi connectivity index (χ3v) is 2.54. The second-order valence-corrected chi connectivity index (χ2v) is 4.16. The second kappa shape index (κ2) is 6.91. The van der Waals surface area contributed by atoms with Gasteiger partial charge in [-0.15, -0.1) is 25.6 Å². The molecule has 3 N–H and O–H groups in total. The van der Waals surface area contributed by atoms with Crippen molar-refractivity contribution in [3.05, 3.63) is 28.8 Å². The highest BCUT2D eigenvalue weighted by atomic mass is 35.5. The zero-order valence-electron chi connectivity index (χ0n) is 9.87. The number of benzene rings is 1. The van der Waals surface area contributed by atoms with Crippen molar-refractivity contribution in [3.8, 4) is 5.75 Å². The van der Waals surface area contributed by atoms with Crippen LogP contribution >= 0.6 is 24.0 Å². The average molecular weight is 360 g/mol. The lowest BCUT2D eigenvalue weighted by Crippen LogP contribution is -2.38. The molecule has 21 heavy (non-hydrogen) atoms. The molecule has 11 heteroatoms. The molecule has 0 saturated heterocycles. The Hall–Kier alpha value is -0.900. The molecule has 0 heterocycles. The van der Waals surface area contributed by atoms with Gasteiger partial charge in [-0.2, -0.15) is 13.2 Å². The molecule has 1 aromatic rings. The number of alkyl halides is 6. The fraction of sp³-hybridized carbons (Fsp3) is 0.400. The molecule has 0 unspecified atom stereocenters. The van der Waals surface area contributed by atoms with Gasteiger partial charge in [0.25, 0.3) is 0 Å². The molecule has 0 aliphatic heterocycles. The van der Waals surface area contributed by atoms with Gasteiger partial charge >= 0.3 is 12.5 Å². The lowest BCUT2D eigenvalue weighted by atomic mass is 10.0. The van der Waals surface area contributed by atoms with E-state index in [4.69, 9.17) is 22.4 Å². The van der Waals surface area contributed by atoms with Crippen LogP contribution in [0.4, 0.5) is 26.3 Å². The van der Waals surface area contributed by atoms with Crippen LogP contribution in [-0.2, 0) is 0 Å². The van der Waals surface area contributed by atoms with Crippen LogP contribution in [-0.4, -0.2) is 23.7 Å². The second-order valence-electron chi connectivity index (χ2n) is 3.75. The fourth-order valence-corrected chi connectivity index (χ4v) is 1.55. The van der Waals surface area contributed by atoms with Crippen LogP contribution in [0.1, 0.15) is 11.6 Å². The van der Waals surface area contributed by atoms with Crippen LogP contribution in [0.3, 0.4) is 0 Å². The van der Waals surface area contributed by atoms with Crippen LogP contribution in [0.25, 0.3) is 0 Å². The average Bonchev–Trinajstić information content (AvgIpc) is 2.27. The smallest absolute Gasteiger partial charge is 0.404 e. The Morgan fingerprint density at radius 2 is 1.67 bits per heavy atom. The van der Waals surface area contributed by atoms with E-state index in [0.717, 1.165) is 12.1 Å². The van der Waals surface area contributed by atoms with Gasteiger partial charge in [-0.3, -0.25) is 0 Å². The Morgan fingerprint density at radius 1 is 1.14 bits per heavy atom. The molecule has 0 amide bonds. The third kappa shape index (κ3) is 5.77. The highest BCUT2D eigenvalue weighted by Gasteiger charge is 2.43. The van der Waals surface area contributed by atoms with Gasteiger partial charge in [0.1, 0.15) is 5.75 Å². The number of aliphatic hydroxyl groups is 1. The minimum absolute atomic E-state index is 0. The molecule has 2 atom stereocenters. The van der Waals surface area contributed by atoms with Crippen molar-refractivity contribution >= 4 is 24.0 Å². The van der Waals surface area contributed by atoms with E-state index in [2.05, 4.69) is 4.74 Å². The summed E-state index contributed by atoms with van der Waals surface area (Å²) < 4.78 is 76.2. The van der Waals surface area contributed by atoms with Gasteiger partial charge < -0.3 is 15.6 Å². The van der Waals surface area contributed by atoms with E-state index in [0.29, 0.717) is 6.07 Å². The molecule has 0 spiro atoms. The van der Waals surface area contributed by atoms with Crippen LogP contribution in [0.5, 0.6) is 5.75 Å². The van der Waals surface area contributed by atoms with E-state index in [-0.39, 0.29) is 18.0 Å². The van der Waals surface area contributed by atoms with Crippen LogP contribution in [0.2, 0.25) is 5.02 Å². The van der Waals surface area contributed by atoms with E-state index in [1.54, 1.807) is 0 Å². The van der Waals surface area contributed by atoms with Crippen LogP contribution in [0.15, 0.2) is 18.2 Å². The molecule has 0 saturated carbocycles. The predicted octanol–water partition coefficient (Wildman–Crippen LogP) is 3.58. The van der Waals surface area contributed by atoms with Gasteiger partial charge in [-0.05, 0) is 17.7 Å². The molecule has 0 radical (unpaired) electrons. The molecule has 0 aromatic heterocycles. The summed E-state index contributed by atoms with van der Waals surface area (Å²) in [4.78, 5) is 0. The van der Waals surface area contributed by atoms with Crippen molar-refractivity contribution in [2.24, 2.45) is 5.73 Å². The first-order chi connectivity index (χ1) is 8.92. The Bertz CT molecular complexity index is 480. The molecular weight excluding hydrogens is 351 g/mol. The topological polar surface area (TPSA) is 55.5 Å². The molecular formula is C10H9Cl2F6NO2. The van der Waals surface area contributed by atoms with Gasteiger partial charge in [0.15, 0.2) is 6.10 Å². The third-order valence-electron chi connectivity index (χ3n) is 2.24. The molecule has 1 rings (SSSR count). The maximum Gasteiger partial charge on any atom is 0.573 e. The fourth-order valence-electron chi connectivity index (χ4n) is 1.32. The zero-order chi connectivity index (χ0) is 15.7. The lowest BCUT2D eigenvalue weighted by molar-refractivity contribution is -0.274. The van der Waals surface area contributed by atoms with Gasteiger partial charge in [-0.1, -0.05) is 17.7 Å². The van der Waals surface area contributed by atoms with Crippen molar-refractivity contribution < 1.29 is 36.2 Å². The van der Waals surface area contributed by atoms with Gasteiger partial charge in [0.2, 0.25) is 0 Å². The number of rotatable bonds is 3. The number of aliphatic hydroxyl groups excluding tert-OH is 1. The first-order valence-corrected chi connectivity index (χ1v) is 5.35. The molecule has 3 nitrogen and oxygen atoms in total. The summed E-state index contributed by atoms with van der Waals surface area (Å²) in [6.07, 6.45) is -12.8. The monoisotopic (exact) mass is 359 g/mol. The number of ether oxygens (including phenoxy) is 1. The first kappa shape index (κ1) is 20.1. The largest absolute Gasteiger partial charge is 0.573 e. The summed E-state index contributed by atoms with van der Waals surface area (Å²) >= 11 is 5.46. The molecule has 0 aliphatic carbocycles. The van der Waals surface area contributed by atoms with E-state index >= 15 is 0 Å². The zero-order valence-corrected chi connectivity index (χ0v) is 11.4. The normalized spacial score (nSPS) is 15.1. The standard InChI is InChI=1S/C10H8ClF6NO2.ClH/c11-5-3-4(7(18)8(19)9(12,13)14)1-2-6(5)20-10(15,16)17;/h1-3,7-8,19H,18H2;1H/t7-,8-;/m1./s1. The molecule has 0 aliphatic rings. The highest BCUT2D eigenvalue weighted by molar-refractivity contribution is 6.32. The van der Waals surface area contributed by atoms with Crippen molar-refractivity contribution in [2.45, 2.75) is 24.7 Å². The number of nitrogens with two attached hydrogens (primary N) is 1. The van der Waals surface area contributed by atoms with Gasteiger partial charge in [0.05, 0.1) is 11.1 Å². The molecule has 0 bridgehead atoms. The maximum atomic E-state index is 12.3. The van der Waals surface area contributed by atoms with Crippen LogP contribution in [0, 0.1) is 0 Å². The molecule has 0 fully saturated rings. The minimum Gasteiger partial charge on any atom is -0.404 e. The van der Waals surface area contributed by atoms with Crippen molar-refractivity contribution in [1.82, 2.24) is 0 Å². The van der Waals surface area contributed by atoms with E-state index in [1.807, 2.05) is 0 Å². The quantitative estimate of drug-likeness (QED) is 0.811. The SMILES string of the molecule is Cl.N[C@H](c1ccc(OC(F)(F)F)c(Cl)c1)[C@@H](O)C(F)(F)F. The summed E-state index contributed by atoms with van der Waals surface area (Å²) in [6.45, 7) is 0. The first-order valence-electron chi connectivity index (χ1n) is 4.97. The number of halogens is 8. The Labute approximate surface area is 126 Å². The summed E-state index contributed by atoms with van der Waals surface area (Å²) in [6, 6.07) is 0.454. The van der Waals surface area contributed by atoms with Gasteiger partial charge in [0, 0.05) is 0 Å². The highest BCUT2D eigenvalue weighted by Crippen LogP contribution is 2.34. The Morgan fingerprint density at radius 3 is 2.05 bits per heavy atom. The number of hydrogen-bond acceptors (Lipinski definition) is 3. The summed E-state index contributed by atoms with van der Waals surface area (Å²) in [5, 5.41) is 8.37. The Balaban J connectivity index is 0.00000400. The van der Waals surface area contributed by atoms with Gasteiger partial charge in [-0.25, -0.2) is 0 Å². The van der Waals surface area contributed by atoms with Crippen molar-refractivity contribution in [1.29, 1.82) is 0 Å². The van der Waals surface area contributed by atoms with Crippen molar-refractivity contribution in [3.63, 3.8) is 0 Å². The summed E-state index contributed by atoms with van der Waals surface area (Å²) in [7, 11) is 0. The predicted molar refractivity (Wildman–Crippen MR) is 64.4 cm³/mol. The number of hydrogen-bond donors (Lipinski definition) is 2. The van der Waals surface area contributed by atoms with E-state index in [1.165, 1.54) is 0 Å².